The zero-order valence-corrected chi connectivity index (χ0v) is 18.4. The summed E-state index contributed by atoms with van der Waals surface area (Å²) in [6.07, 6.45) is 4.04. The molecule has 3 aromatic rings. The van der Waals surface area contributed by atoms with Crippen molar-refractivity contribution in [1.82, 2.24) is 15.2 Å². The van der Waals surface area contributed by atoms with Crippen molar-refractivity contribution < 1.29 is 13.9 Å². The summed E-state index contributed by atoms with van der Waals surface area (Å²) < 4.78 is 21.8. The molecular weight excluding hydrogens is 440 g/mol. The fourth-order valence-corrected chi connectivity index (χ4v) is 3.79. The van der Waals surface area contributed by atoms with E-state index < -0.39 is 5.54 Å². The van der Waals surface area contributed by atoms with E-state index in [9.17, 15) is 4.79 Å². The Morgan fingerprint density at radius 2 is 1.90 bits per heavy atom. The monoisotopic (exact) mass is 463 g/mol. The van der Waals surface area contributed by atoms with Crippen LogP contribution >= 0.6 is 24.8 Å². The minimum absolute atomic E-state index is 0. The topological polar surface area (TPSA) is 54.5 Å². The number of halogens is 3. The van der Waals surface area contributed by atoms with E-state index in [2.05, 4.69) is 10.3 Å². The van der Waals surface area contributed by atoms with Crippen LogP contribution in [0.3, 0.4) is 0 Å². The normalized spacial score (nSPS) is 17.8. The van der Waals surface area contributed by atoms with Gasteiger partial charge in [-0.05, 0) is 17.7 Å². The number of benzene rings is 2. The van der Waals surface area contributed by atoms with Gasteiger partial charge in [-0.3, -0.25) is 9.78 Å². The van der Waals surface area contributed by atoms with Gasteiger partial charge in [-0.1, -0.05) is 48.5 Å². The van der Waals surface area contributed by atoms with E-state index in [1.54, 1.807) is 41.6 Å². The molecule has 5 nitrogen and oxygen atoms in total. The van der Waals surface area contributed by atoms with Crippen molar-refractivity contribution in [2.45, 2.75) is 5.54 Å². The SMILES string of the molecule is Cl.Cl.O=CN1CCNCC1(COc1cccnc1)c1cccc(-c2ccccc2)c1F. The molecule has 0 aliphatic carbocycles. The summed E-state index contributed by atoms with van der Waals surface area (Å²) in [6, 6.07) is 18.3. The summed E-state index contributed by atoms with van der Waals surface area (Å²) in [5, 5.41) is 3.30. The van der Waals surface area contributed by atoms with Gasteiger partial charge in [-0.25, -0.2) is 4.39 Å². The Kier molecular flexibility index (Phi) is 8.80. The van der Waals surface area contributed by atoms with Crippen LogP contribution in [0.2, 0.25) is 0 Å². The third-order valence-electron chi connectivity index (χ3n) is 5.32. The van der Waals surface area contributed by atoms with Gasteiger partial charge in [-0.15, -0.1) is 24.8 Å². The van der Waals surface area contributed by atoms with Crippen molar-refractivity contribution in [3.05, 3.63) is 84.4 Å². The second-order valence-electron chi connectivity index (χ2n) is 7.02. The highest BCUT2D eigenvalue weighted by atomic mass is 35.5. The van der Waals surface area contributed by atoms with E-state index in [-0.39, 0.29) is 37.2 Å². The first-order valence-electron chi connectivity index (χ1n) is 9.54. The summed E-state index contributed by atoms with van der Waals surface area (Å²) in [7, 11) is 0. The lowest BCUT2D eigenvalue weighted by Crippen LogP contribution is -2.61. The van der Waals surface area contributed by atoms with Crippen LogP contribution in [-0.4, -0.2) is 42.5 Å². The Morgan fingerprint density at radius 1 is 1.10 bits per heavy atom. The molecule has 164 valence electrons. The maximum atomic E-state index is 15.8. The molecule has 1 amide bonds. The summed E-state index contributed by atoms with van der Waals surface area (Å²) in [6.45, 7) is 1.61. The average Bonchev–Trinajstić information content (AvgIpc) is 2.79. The van der Waals surface area contributed by atoms with Crippen molar-refractivity contribution in [3.63, 3.8) is 0 Å². The standard InChI is InChI=1S/C23H22FN3O2.2ClH/c24-22-20(18-6-2-1-3-7-18)9-4-10-21(22)23(15-26-12-13-27(23)17-28)16-29-19-8-5-11-25-14-19;;/h1-11,14,17,26H,12-13,15-16H2;2*1H. The first-order chi connectivity index (χ1) is 14.2. The second kappa shape index (κ2) is 11.1. The van der Waals surface area contributed by atoms with E-state index in [0.717, 1.165) is 12.0 Å². The van der Waals surface area contributed by atoms with E-state index in [0.29, 0.717) is 36.5 Å². The fraction of sp³-hybridized carbons (Fsp3) is 0.217. The summed E-state index contributed by atoms with van der Waals surface area (Å²) in [5.41, 5.74) is 0.754. The number of rotatable bonds is 6. The van der Waals surface area contributed by atoms with Crippen LogP contribution in [0.1, 0.15) is 5.56 Å². The molecule has 1 atom stereocenters. The van der Waals surface area contributed by atoms with Crippen LogP contribution in [0, 0.1) is 5.82 Å². The lowest BCUT2D eigenvalue weighted by molar-refractivity contribution is -0.127. The van der Waals surface area contributed by atoms with Gasteiger partial charge in [0.15, 0.2) is 0 Å². The molecule has 1 N–H and O–H groups in total. The number of carbonyl (C=O) groups excluding carboxylic acids is 1. The van der Waals surface area contributed by atoms with Crippen molar-refractivity contribution in [3.8, 4) is 16.9 Å². The number of carbonyl (C=O) groups is 1. The molecule has 1 aliphatic heterocycles. The largest absolute Gasteiger partial charge is 0.489 e. The van der Waals surface area contributed by atoms with E-state index in [1.165, 1.54) is 0 Å². The minimum Gasteiger partial charge on any atom is -0.489 e. The summed E-state index contributed by atoms with van der Waals surface area (Å²) >= 11 is 0. The molecule has 31 heavy (non-hydrogen) atoms. The van der Waals surface area contributed by atoms with Crippen molar-refractivity contribution >= 4 is 31.2 Å². The van der Waals surface area contributed by atoms with Gasteiger partial charge in [0, 0.05) is 37.0 Å². The molecule has 0 saturated carbocycles. The Bertz CT molecular complexity index is 979. The number of nitrogens with zero attached hydrogens (tertiary/aromatic N) is 2. The number of ether oxygens (including phenoxy) is 1. The van der Waals surface area contributed by atoms with E-state index in [4.69, 9.17) is 4.74 Å². The third-order valence-corrected chi connectivity index (χ3v) is 5.32. The van der Waals surface area contributed by atoms with E-state index in [1.807, 2.05) is 36.4 Å². The number of pyridine rings is 1. The van der Waals surface area contributed by atoms with E-state index >= 15 is 4.39 Å². The molecule has 0 spiro atoms. The third kappa shape index (κ3) is 4.98. The first kappa shape index (κ1) is 24.6. The molecule has 1 aromatic heterocycles. The van der Waals surface area contributed by atoms with Crippen LogP contribution < -0.4 is 10.1 Å². The predicted octanol–water partition coefficient (Wildman–Crippen LogP) is 4.07. The number of hydrogen-bond donors (Lipinski definition) is 1. The van der Waals surface area contributed by atoms with Crippen LogP contribution in [0.5, 0.6) is 5.75 Å². The molecule has 0 bridgehead atoms. The summed E-state index contributed by atoms with van der Waals surface area (Å²) in [4.78, 5) is 17.6. The second-order valence-corrected chi connectivity index (χ2v) is 7.02. The smallest absolute Gasteiger partial charge is 0.210 e. The molecule has 0 radical (unpaired) electrons. The Balaban J connectivity index is 0.00000171. The zero-order chi connectivity index (χ0) is 20.1. The van der Waals surface area contributed by atoms with Crippen molar-refractivity contribution in [2.24, 2.45) is 0 Å². The quantitative estimate of drug-likeness (QED) is 0.559. The fourth-order valence-electron chi connectivity index (χ4n) is 3.79. The molecular formula is C23H24Cl2FN3O2. The number of amides is 1. The highest BCUT2D eigenvalue weighted by Crippen LogP contribution is 2.36. The van der Waals surface area contributed by atoms with Crippen molar-refractivity contribution in [1.29, 1.82) is 0 Å². The molecule has 1 saturated heterocycles. The molecule has 2 aromatic carbocycles. The first-order valence-corrected chi connectivity index (χ1v) is 9.54. The zero-order valence-electron chi connectivity index (χ0n) is 16.7. The van der Waals surface area contributed by atoms with Crippen LogP contribution in [0.15, 0.2) is 73.1 Å². The lowest BCUT2D eigenvalue weighted by atomic mass is 9.85. The van der Waals surface area contributed by atoms with Gasteiger partial charge in [0.1, 0.15) is 23.7 Å². The van der Waals surface area contributed by atoms with Crippen molar-refractivity contribution in [2.75, 3.05) is 26.2 Å². The highest BCUT2D eigenvalue weighted by Gasteiger charge is 2.43. The van der Waals surface area contributed by atoms with Crippen LogP contribution in [0.25, 0.3) is 11.1 Å². The van der Waals surface area contributed by atoms with Gasteiger partial charge in [-0.2, -0.15) is 0 Å². The number of hydrogen-bond acceptors (Lipinski definition) is 4. The van der Waals surface area contributed by atoms with Gasteiger partial charge < -0.3 is 15.0 Å². The molecule has 8 heteroatoms. The maximum absolute atomic E-state index is 15.8. The van der Waals surface area contributed by atoms with Gasteiger partial charge in [0.2, 0.25) is 6.41 Å². The van der Waals surface area contributed by atoms with Gasteiger partial charge in [0.25, 0.3) is 0 Å². The Labute approximate surface area is 193 Å². The molecule has 4 rings (SSSR count). The lowest BCUT2D eigenvalue weighted by Gasteiger charge is -2.45. The predicted molar refractivity (Wildman–Crippen MR) is 123 cm³/mol. The summed E-state index contributed by atoms with van der Waals surface area (Å²) in [5.74, 6) is 0.229. The highest BCUT2D eigenvalue weighted by molar-refractivity contribution is 5.85. The van der Waals surface area contributed by atoms with Gasteiger partial charge in [0.05, 0.1) is 6.20 Å². The number of nitrogens with one attached hydrogen (secondary N) is 1. The molecule has 1 aliphatic rings. The molecule has 1 unspecified atom stereocenters. The average molecular weight is 464 g/mol. The maximum Gasteiger partial charge on any atom is 0.210 e. The van der Waals surface area contributed by atoms with Crippen LogP contribution in [0.4, 0.5) is 4.39 Å². The Morgan fingerprint density at radius 3 is 2.61 bits per heavy atom. The molecule has 2 heterocycles. The number of aromatic nitrogens is 1. The number of piperazine rings is 1. The Hall–Kier alpha value is -2.67. The van der Waals surface area contributed by atoms with Gasteiger partial charge >= 0.3 is 0 Å². The van der Waals surface area contributed by atoms with Crippen LogP contribution in [-0.2, 0) is 10.3 Å². The molecule has 1 fully saturated rings. The minimum atomic E-state index is -0.968.